The first-order valence-corrected chi connectivity index (χ1v) is 9.84. The Balaban J connectivity index is 1.53. The Morgan fingerprint density at radius 2 is 1.00 bits per heavy atom. The van der Waals surface area contributed by atoms with Crippen LogP contribution in [0.5, 0.6) is 0 Å². The molecule has 0 fully saturated rings. The minimum absolute atomic E-state index is 0.248. The molecule has 0 radical (unpaired) electrons. The van der Waals surface area contributed by atoms with Gasteiger partial charge < -0.3 is 0 Å². The van der Waals surface area contributed by atoms with E-state index in [0.717, 1.165) is 22.5 Å². The van der Waals surface area contributed by atoms with Gasteiger partial charge in [0.25, 0.3) is 0 Å². The number of rotatable bonds is 3. The van der Waals surface area contributed by atoms with Crippen molar-refractivity contribution in [1.82, 2.24) is 9.97 Å². The Labute approximate surface area is 174 Å². The third-order valence-electron chi connectivity index (χ3n) is 5.03. The molecule has 0 saturated heterocycles. The molecular weight excluding hydrogens is 376 g/mol. The van der Waals surface area contributed by atoms with E-state index in [-0.39, 0.29) is 5.28 Å². The Bertz CT molecular complexity index is 1300. The average molecular weight is 393 g/mol. The van der Waals surface area contributed by atoms with E-state index in [1.807, 2.05) is 36.4 Å². The Morgan fingerprint density at radius 3 is 1.76 bits per heavy atom. The fraction of sp³-hybridized carbons (Fsp3) is 0. The van der Waals surface area contributed by atoms with Crippen LogP contribution in [0.3, 0.4) is 0 Å². The van der Waals surface area contributed by atoms with E-state index >= 15 is 0 Å². The molecule has 0 aliphatic carbocycles. The van der Waals surface area contributed by atoms with E-state index in [4.69, 9.17) is 11.6 Å². The van der Waals surface area contributed by atoms with E-state index in [2.05, 4.69) is 76.7 Å². The van der Waals surface area contributed by atoms with E-state index in [0.29, 0.717) is 0 Å². The van der Waals surface area contributed by atoms with Crippen LogP contribution in [-0.2, 0) is 0 Å². The highest BCUT2D eigenvalue weighted by Crippen LogP contribution is 2.29. The zero-order valence-corrected chi connectivity index (χ0v) is 16.3. The van der Waals surface area contributed by atoms with Crippen molar-refractivity contribution in [2.45, 2.75) is 0 Å². The van der Waals surface area contributed by atoms with Crippen LogP contribution in [0.25, 0.3) is 44.4 Å². The van der Waals surface area contributed by atoms with E-state index < -0.39 is 0 Å². The summed E-state index contributed by atoms with van der Waals surface area (Å²) in [6.07, 6.45) is 0. The first-order chi connectivity index (χ1) is 14.3. The van der Waals surface area contributed by atoms with E-state index in [1.165, 1.54) is 21.9 Å². The monoisotopic (exact) mass is 392 g/mol. The van der Waals surface area contributed by atoms with Crippen LogP contribution in [0.1, 0.15) is 0 Å². The van der Waals surface area contributed by atoms with Gasteiger partial charge in [0.2, 0.25) is 5.28 Å². The fourth-order valence-corrected chi connectivity index (χ4v) is 3.71. The molecular formula is C26H17ClN2. The Kier molecular flexibility index (Phi) is 4.55. The summed E-state index contributed by atoms with van der Waals surface area (Å²) in [7, 11) is 0. The van der Waals surface area contributed by atoms with Crippen LogP contribution in [0, 0.1) is 0 Å². The predicted molar refractivity (Wildman–Crippen MR) is 121 cm³/mol. The smallest absolute Gasteiger partial charge is 0.218 e. The maximum Gasteiger partial charge on any atom is 0.223 e. The maximum absolute atomic E-state index is 6.27. The highest BCUT2D eigenvalue weighted by Gasteiger charge is 2.09. The average Bonchev–Trinajstić information content (AvgIpc) is 2.79. The van der Waals surface area contributed by atoms with Crippen molar-refractivity contribution in [3.63, 3.8) is 0 Å². The molecule has 1 heterocycles. The molecule has 0 saturated carbocycles. The van der Waals surface area contributed by atoms with Crippen LogP contribution in [0.2, 0.25) is 5.28 Å². The summed E-state index contributed by atoms with van der Waals surface area (Å²) in [6.45, 7) is 0. The first kappa shape index (κ1) is 17.6. The molecule has 0 spiro atoms. The summed E-state index contributed by atoms with van der Waals surface area (Å²) >= 11 is 6.27. The minimum atomic E-state index is 0.248. The topological polar surface area (TPSA) is 25.8 Å². The second-order valence-electron chi connectivity index (χ2n) is 6.91. The van der Waals surface area contributed by atoms with Crippen molar-refractivity contribution < 1.29 is 0 Å². The lowest BCUT2D eigenvalue weighted by Gasteiger charge is -2.08. The zero-order valence-electron chi connectivity index (χ0n) is 15.6. The summed E-state index contributed by atoms with van der Waals surface area (Å²) in [4.78, 5) is 8.90. The standard InChI is InChI=1S/C26H17ClN2/c27-26-28-24(21-13-10-20(11-14-21)18-6-2-1-3-7-18)17-25(29-26)23-15-12-19-8-4-5-9-22(19)16-23/h1-17H. The Morgan fingerprint density at radius 1 is 0.448 bits per heavy atom. The second kappa shape index (κ2) is 7.50. The minimum Gasteiger partial charge on any atom is -0.218 e. The van der Waals surface area contributed by atoms with Gasteiger partial charge in [-0.3, -0.25) is 0 Å². The van der Waals surface area contributed by atoms with Gasteiger partial charge in [-0.15, -0.1) is 0 Å². The van der Waals surface area contributed by atoms with Gasteiger partial charge in [0.15, 0.2) is 0 Å². The molecule has 0 aliphatic rings. The van der Waals surface area contributed by atoms with E-state index in [1.54, 1.807) is 0 Å². The van der Waals surface area contributed by atoms with Crippen molar-refractivity contribution >= 4 is 22.4 Å². The molecule has 0 unspecified atom stereocenters. The van der Waals surface area contributed by atoms with Gasteiger partial charge in [0.05, 0.1) is 11.4 Å². The van der Waals surface area contributed by atoms with Crippen molar-refractivity contribution in [2.24, 2.45) is 0 Å². The zero-order chi connectivity index (χ0) is 19.6. The van der Waals surface area contributed by atoms with Crippen molar-refractivity contribution in [3.05, 3.63) is 108 Å². The normalized spacial score (nSPS) is 10.9. The van der Waals surface area contributed by atoms with Gasteiger partial charge in [-0.25, -0.2) is 9.97 Å². The fourth-order valence-electron chi connectivity index (χ4n) is 3.53. The van der Waals surface area contributed by atoms with Crippen molar-refractivity contribution in [2.75, 3.05) is 0 Å². The molecule has 0 bridgehead atoms. The molecule has 0 N–H and O–H groups in total. The van der Waals surface area contributed by atoms with Gasteiger partial charge in [-0.05, 0) is 45.6 Å². The number of nitrogens with zero attached hydrogens (tertiary/aromatic N) is 2. The summed E-state index contributed by atoms with van der Waals surface area (Å²) in [5.41, 5.74) is 6.03. The third-order valence-corrected chi connectivity index (χ3v) is 5.20. The first-order valence-electron chi connectivity index (χ1n) is 9.46. The lowest BCUT2D eigenvalue weighted by atomic mass is 10.0. The quantitative estimate of drug-likeness (QED) is 0.301. The molecule has 0 atom stereocenters. The lowest BCUT2D eigenvalue weighted by molar-refractivity contribution is 1.18. The second-order valence-corrected chi connectivity index (χ2v) is 7.25. The molecule has 5 aromatic rings. The van der Waals surface area contributed by atoms with Gasteiger partial charge in [0.1, 0.15) is 0 Å². The highest BCUT2D eigenvalue weighted by molar-refractivity contribution is 6.28. The summed E-state index contributed by atoms with van der Waals surface area (Å²) < 4.78 is 0. The van der Waals surface area contributed by atoms with Gasteiger partial charge in [0, 0.05) is 11.1 Å². The third kappa shape index (κ3) is 3.63. The largest absolute Gasteiger partial charge is 0.223 e. The summed E-state index contributed by atoms with van der Waals surface area (Å²) in [6, 6.07) is 35.3. The predicted octanol–water partition coefficient (Wildman–Crippen LogP) is 7.28. The van der Waals surface area contributed by atoms with Crippen LogP contribution in [0.4, 0.5) is 0 Å². The number of halogens is 1. The lowest BCUT2D eigenvalue weighted by Crippen LogP contribution is -1.92. The molecule has 4 aromatic carbocycles. The van der Waals surface area contributed by atoms with Crippen LogP contribution in [0.15, 0.2) is 103 Å². The summed E-state index contributed by atoms with van der Waals surface area (Å²) in [5, 5.41) is 2.62. The molecule has 1 aromatic heterocycles. The van der Waals surface area contributed by atoms with Gasteiger partial charge in [-0.1, -0.05) is 91.0 Å². The molecule has 3 heteroatoms. The Hall–Kier alpha value is -3.49. The molecule has 29 heavy (non-hydrogen) atoms. The summed E-state index contributed by atoms with van der Waals surface area (Å²) in [5.74, 6) is 0. The van der Waals surface area contributed by atoms with Gasteiger partial charge >= 0.3 is 0 Å². The number of hydrogen-bond donors (Lipinski definition) is 0. The molecule has 5 rings (SSSR count). The highest BCUT2D eigenvalue weighted by atomic mass is 35.5. The van der Waals surface area contributed by atoms with Crippen LogP contribution < -0.4 is 0 Å². The van der Waals surface area contributed by atoms with E-state index in [9.17, 15) is 0 Å². The molecule has 2 nitrogen and oxygen atoms in total. The number of hydrogen-bond acceptors (Lipinski definition) is 2. The van der Waals surface area contributed by atoms with Crippen molar-refractivity contribution in [1.29, 1.82) is 0 Å². The molecule has 138 valence electrons. The van der Waals surface area contributed by atoms with Crippen LogP contribution in [-0.4, -0.2) is 9.97 Å². The molecule has 0 aliphatic heterocycles. The van der Waals surface area contributed by atoms with Crippen molar-refractivity contribution in [3.8, 4) is 33.6 Å². The maximum atomic E-state index is 6.27. The molecule has 0 amide bonds. The number of aromatic nitrogens is 2. The number of benzene rings is 4. The van der Waals surface area contributed by atoms with Gasteiger partial charge in [-0.2, -0.15) is 0 Å². The number of fused-ring (bicyclic) bond motifs is 1. The van der Waals surface area contributed by atoms with Crippen LogP contribution >= 0.6 is 11.6 Å². The SMILES string of the molecule is Clc1nc(-c2ccc(-c3ccccc3)cc2)cc(-c2ccc3ccccc3c2)n1.